The van der Waals surface area contributed by atoms with Crippen LogP contribution in [0.3, 0.4) is 0 Å². The van der Waals surface area contributed by atoms with Crippen LogP contribution in [0.15, 0.2) is 30.3 Å². The number of aryl methyl sites for hydroxylation is 2. The predicted molar refractivity (Wildman–Crippen MR) is 99.1 cm³/mol. The number of nitrogens with one attached hydrogen (secondary N) is 1. The minimum absolute atomic E-state index is 0.0712. The second kappa shape index (κ2) is 7.32. The van der Waals surface area contributed by atoms with Gasteiger partial charge in [-0.05, 0) is 44.9 Å². The van der Waals surface area contributed by atoms with E-state index in [-0.39, 0.29) is 11.9 Å². The van der Waals surface area contributed by atoms with Crippen LogP contribution in [0.4, 0.5) is 5.69 Å². The molecular formula is C19H21N5O3. The second-order valence-electron chi connectivity index (χ2n) is 6.61. The predicted octanol–water partition coefficient (Wildman–Crippen LogP) is 2.55. The van der Waals surface area contributed by atoms with E-state index in [0.29, 0.717) is 23.8 Å². The second-order valence-corrected chi connectivity index (χ2v) is 6.61. The number of aromatic nitrogens is 4. The maximum atomic E-state index is 12.5. The lowest BCUT2D eigenvalue weighted by Crippen LogP contribution is -2.17. The fourth-order valence-electron chi connectivity index (χ4n) is 3.08. The van der Waals surface area contributed by atoms with Crippen LogP contribution in [0, 0.1) is 13.8 Å². The molecule has 1 aromatic carbocycles. The third-order valence-electron chi connectivity index (χ3n) is 4.37. The van der Waals surface area contributed by atoms with Gasteiger partial charge >= 0.3 is 0 Å². The first-order valence-corrected chi connectivity index (χ1v) is 8.95. The lowest BCUT2D eigenvalue weighted by atomic mass is 10.2. The summed E-state index contributed by atoms with van der Waals surface area (Å²) in [4.78, 5) is 21.0. The molecule has 27 heavy (non-hydrogen) atoms. The van der Waals surface area contributed by atoms with Gasteiger partial charge in [-0.1, -0.05) is 6.07 Å². The van der Waals surface area contributed by atoms with Gasteiger partial charge < -0.3 is 14.8 Å². The normalized spacial score (nSPS) is 16.6. The number of anilines is 1. The van der Waals surface area contributed by atoms with E-state index in [1.54, 1.807) is 16.6 Å². The minimum atomic E-state index is -0.395. The quantitative estimate of drug-likeness (QED) is 0.745. The molecule has 4 rings (SSSR count). The minimum Gasteiger partial charge on any atom is -0.491 e. The highest BCUT2D eigenvalue weighted by atomic mass is 16.5. The molecule has 0 radical (unpaired) electrons. The van der Waals surface area contributed by atoms with Gasteiger partial charge in [-0.15, -0.1) is 5.10 Å². The number of hydrogen-bond donors (Lipinski definition) is 1. The molecule has 1 aliphatic heterocycles. The number of ether oxygens (including phenoxy) is 2. The highest BCUT2D eigenvalue weighted by Gasteiger charge is 2.17. The number of nitrogens with zero attached hydrogens (tertiary/aromatic N) is 4. The van der Waals surface area contributed by atoms with Crippen molar-refractivity contribution in [2.45, 2.75) is 32.8 Å². The van der Waals surface area contributed by atoms with Crippen LogP contribution in [0.1, 0.15) is 34.8 Å². The highest BCUT2D eigenvalue weighted by molar-refractivity contribution is 6.01. The van der Waals surface area contributed by atoms with E-state index in [9.17, 15) is 4.79 Å². The summed E-state index contributed by atoms with van der Waals surface area (Å²) in [5.41, 5.74) is 2.31. The van der Waals surface area contributed by atoms with Gasteiger partial charge in [0.25, 0.3) is 11.7 Å². The maximum Gasteiger partial charge on any atom is 0.295 e. The zero-order chi connectivity index (χ0) is 18.8. The van der Waals surface area contributed by atoms with Crippen molar-refractivity contribution in [3.63, 3.8) is 0 Å². The molecule has 1 unspecified atom stereocenters. The van der Waals surface area contributed by atoms with E-state index in [4.69, 9.17) is 9.47 Å². The van der Waals surface area contributed by atoms with E-state index in [2.05, 4.69) is 20.4 Å². The van der Waals surface area contributed by atoms with Crippen molar-refractivity contribution in [2.24, 2.45) is 0 Å². The van der Waals surface area contributed by atoms with Gasteiger partial charge in [0.05, 0.1) is 6.10 Å². The van der Waals surface area contributed by atoms with Crippen molar-refractivity contribution >= 4 is 17.4 Å². The van der Waals surface area contributed by atoms with Gasteiger partial charge in [-0.3, -0.25) is 4.79 Å². The molecule has 1 N–H and O–H groups in total. The van der Waals surface area contributed by atoms with Gasteiger partial charge in [-0.2, -0.15) is 4.98 Å². The Kier molecular flexibility index (Phi) is 4.72. The van der Waals surface area contributed by atoms with E-state index in [0.717, 1.165) is 30.8 Å². The van der Waals surface area contributed by atoms with Gasteiger partial charge in [0.2, 0.25) is 5.82 Å². The summed E-state index contributed by atoms with van der Waals surface area (Å²) < 4.78 is 12.9. The summed E-state index contributed by atoms with van der Waals surface area (Å²) >= 11 is 0. The Hall–Kier alpha value is -3.00. The zero-order valence-corrected chi connectivity index (χ0v) is 15.3. The molecular weight excluding hydrogens is 346 g/mol. The number of carbonyl (C=O) groups is 1. The smallest absolute Gasteiger partial charge is 0.295 e. The molecule has 0 bridgehead atoms. The average Bonchev–Trinajstić information content (AvgIpc) is 3.30. The summed E-state index contributed by atoms with van der Waals surface area (Å²) in [5, 5.41) is 7.05. The van der Waals surface area contributed by atoms with Crippen molar-refractivity contribution in [3.8, 4) is 5.75 Å². The van der Waals surface area contributed by atoms with Crippen LogP contribution in [0.25, 0.3) is 5.78 Å². The Morgan fingerprint density at radius 2 is 2.22 bits per heavy atom. The first-order chi connectivity index (χ1) is 13.1. The summed E-state index contributed by atoms with van der Waals surface area (Å²) in [6, 6.07) is 9.13. The van der Waals surface area contributed by atoms with Crippen LogP contribution in [0.5, 0.6) is 5.75 Å². The van der Waals surface area contributed by atoms with Crippen LogP contribution in [-0.4, -0.2) is 44.8 Å². The molecule has 1 atom stereocenters. The molecule has 8 nitrogen and oxygen atoms in total. The molecule has 2 aromatic heterocycles. The van der Waals surface area contributed by atoms with Gasteiger partial charge in [-0.25, -0.2) is 9.50 Å². The number of carbonyl (C=O) groups excluding carboxylic acids is 1. The fourth-order valence-corrected chi connectivity index (χ4v) is 3.08. The Bertz CT molecular complexity index is 979. The number of amides is 1. The summed E-state index contributed by atoms with van der Waals surface area (Å²) in [6.45, 7) is 5.08. The van der Waals surface area contributed by atoms with Crippen molar-refractivity contribution in [2.75, 3.05) is 18.5 Å². The molecule has 0 saturated carbocycles. The molecule has 8 heteroatoms. The van der Waals surface area contributed by atoms with Gasteiger partial charge in [0, 0.05) is 29.7 Å². The van der Waals surface area contributed by atoms with Crippen molar-refractivity contribution in [3.05, 3.63) is 47.5 Å². The molecule has 1 amide bonds. The lowest BCUT2D eigenvalue weighted by molar-refractivity contribution is 0.0680. The first kappa shape index (κ1) is 17.4. The molecule has 140 valence electrons. The maximum absolute atomic E-state index is 12.5. The molecule has 3 aromatic rings. The number of fused-ring (bicyclic) bond motifs is 1. The van der Waals surface area contributed by atoms with Crippen LogP contribution >= 0.6 is 0 Å². The third kappa shape index (κ3) is 3.90. The van der Waals surface area contributed by atoms with E-state index in [1.807, 2.05) is 32.0 Å². The number of rotatable bonds is 5. The molecule has 1 aliphatic rings. The highest BCUT2D eigenvalue weighted by Crippen LogP contribution is 2.20. The molecule has 1 fully saturated rings. The third-order valence-corrected chi connectivity index (χ3v) is 4.37. The van der Waals surface area contributed by atoms with Crippen molar-refractivity contribution in [1.82, 2.24) is 19.6 Å². The van der Waals surface area contributed by atoms with Crippen LogP contribution in [-0.2, 0) is 4.74 Å². The van der Waals surface area contributed by atoms with Gasteiger partial charge in [0.15, 0.2) is 0 Å². The Balaban J connectivity index is 1.46. The number of hydrogen-bond acceptors (Lipinski definition) is 6. The standard InChI is InChI=1S/C19H21N5O3/c1-12-9-13(2)24-19(20-12)22-17(23-24)18(25)21-14-5-3-6-15(10-14)27-11-16-7-4-8-26-16/h3,5-6,9-10,16H,4,7-8,11H2,1-2H3,(H,21,25). The van der Waals surface area contributed by atoms with Crippen molar-refractivity contribution < 1.29 is 14.3 Å². The average molecular weight is 367 g/mol. The van der Waals surface area contributed by atoms with Crippen LogP contribution in [0.2, 0.25) is 0 Å². The lowest BCUT2D eigenvalue weighted by Gasteiger charge is -2.12. The monoisotopic (exact) mass is 367 g/mol. The largest absolute Gasteiger partial charge is 0.491 e. The zero-order valence-electron chi connectivity index (χ0n) is 15.3. The summed E-state index contributed by atoms with van der Waals surface area (Å²) in [5.74, 6) is 0.765. The molecule has 3 heterocycles. The molecule has 0 aliphatic carbocycles. The number of benzene rings is 1. The van der Waals surface area contributed by atoms with E-state index < -0.39 is 5.91 Å². The van der Waals surface area contributed by atoms with Crippen molar-refractivity contribution in [1.29, 1.82) is 0 Å². The first-order valence-electron chi connectivity index (χ1n) is 8.95. The summed E-state index contributed by atoms with van der Waals surface area (Å²) in [7, 11) is 0. The van der Waals surface area contributed by atoms with E-state index in [1.165, 1.54) is 0 Å². The summed E-state index contributed by atoms with van der Waals surface area (Å²) in [6.07, 6.45) is 2.23. The SMILES string of the molecule is Cc1cc(C)n2nc(C(=O)Nc3cccc(OCC4CCCO4)c3)nc2n1. The topological polar surface area (TPSA) is 90.6 Å². The van der Waals surface area contributed by atoms with E-state index >= 15 is 0 Å². The van der Waals surface area contributed by atoms with Crippen LogP contribution < -0.4 is 10.1 Å². The van der Waals surface area contributed by atoms with Gasteiger partial charge in [0.1, 0.15) is 12.4 Å². The Labute approximate surface area is 156 Å². The molecule has 0 spiro atoms. The Morgan fingerprint density at radius 1 is 1.33 bits per heavy atom. The molecule has 1 saturated heterocycles. The Morgan fingerprint density at radius 3 is 3.04 bits per heavy atom. The fraction of sp³-hybridized carbons (Fsp3) is 0.368.